The van der Waals surface area contributed by atoms with E-state index >= 15 is 0 Å². The summed E-state index contributed by atoms with van der Waals surface area (Å²) >= 11 is 0. The van der Waals surface area contributed by atoms with Gasteiger partial charge in [0, 0.05) is 19.2 Å². The minimum absolute atomic E-state index is 0.0709. The second-order valence-electron chi connectivity index (χ2n) is 4.37. The van der Waals surface area contributed by atoms with Gasteiger partial charge in [-0.25, -0.2) is 9.59 Å². The van der Waals surface area contributed by atoms with Crippen LogP contribution in [0.15, 0.2) is 28.4 Å². The van der Waals surface area contributed by atoms with Gasteiger partial charge in [0.2, 0.25) is 0 Å². The zero-order chi connectivity index (χ0) is 15.8. The Bertz CT molecular complexity index is 521. The topological polar surface area (TPSA) is 136 Å². The van der Waals surface area contributed by atoms with E-state index < -0.39 is 23.9 Å². The average molecular weight is 296 g/mol. The molecule has 1 atom stereocenters. The predicted molar refractivity (Wildman–Crippen MR) is 73.2 cm³/mol. The van der Waals surface area contributed by atoms with Crippen molar-refractivity contribution in [2.45, 2.75) is 25.3 Å². The smallest absolute Gasteiger partial charge is 0.351 e. The van der Waals surface area contributed by atoms with Crippen LogP contribution in [-0.4, -0.2) is 52.0 Å². The molecule has 1 aliphatic rings. The van der Waals surface area contributed by atoms with Crippen molar-refractivity contribution in [3.05, 3.63) is 23.4 Å². The molecule has 0 amide bonds. The van der Waals surface area contributed by atoms with E-state index in [9.17, 15) is 14.4 Å². The number of aliphatic imine (C=N–C) groups is 1. The molecular formula is C13H16N2O6. The molecule has 0 fully saturated rings. The molecule has 0 bridgehead atoms. The molecule has 0 aromatic heterocycles. The number of carboxylic acids is 3. The summed E-state index contributed by atoms with van der Waals surface area (Å²) in [7, 11) is 0. The SMILES string of the molecule is O=C(O)CCC(N=CC=C1C=C(C(=O)O)NCC1)C(=O)O. The monoisotopic (exact) mass is 296 g/mol. The molecule has 8 nitrogen and oxygen atoms in total. The molecule has 1 unspecified atom stereocenters. The molecule has 0 saturated heterocycles. The van der Waals surface area contributed by atoms with E-state index in [4.69, 9.17) is 15.3 Å². The second-order valence-corrected chi connectivity index (χ2v) is 4.37. The molecule has 1 aliphatic heterocycles. The van der Waals surface area contributed by atoms with E-state index in [1.807, 2.05) is 0 Å². The summed E-state index contributed by atoms with van der Waals surface area (Å²) in [5, 5.41) is 29.0. The highest BCUT2D eigenvalue weighted by atomic mass is 16.4. The number of hydrogen-bond donors (Lipinski definition) is 4. The molecule has 0 aromatic carbocycles. The zero-order valence-electron chi connectivity index (χ0n) is 11.2. The molecule has 0 aromatic rings. The normalized spacial score (nSPS) is 18.1. The summed E-state index contributed by atoms with van der Waals surface area (Å²) in [6.45, 7) is 0.471. The van der Waals surface area contributed by atoms with E-state index in [1.54, 1.807) is 0 Å². The number of allylic oxidation sites excluding steroid dienone is 2. The van der Waals surface area contributed by atoms with Crippen LogP contribution >= 0.6 is 0 Å². The first-order chi connectivity index (χ1) is 9.90. The molecule has 0 saturated carbocycles. The lowest BCUT2D eigenvalue weighted by molar-refractivity contribution is -0.140. The van der Waals surface area contributed by atoms with Crippen LogP contribution in [0.25, 0.3) is 0 Å². The van der Waals surface area contributed by atoms with Crippen LogP contribution < -0.4 is 5.32 Å². The van der Waals surface area contributed by atoms with E-state index in [1.165, 1.54) is 18.4 Å². The lowest BCUT2D eigenvalue weighted by Crippen LogP contribution is -2.25. The van der Waals surface area contributed by atoms with Gasteiger partial charge in [0.25, 0.3) is 0 Å². The Morgan fingerprint density at radius 2 is 2.05 bits per heavy atom. The first kappa shape index (κ1) is 16.4. The molecule has 8 heteroatoms. The van der Waals surface area contributed by atoms with Gasteiger partial charge in [0.15, 0.2) is 0 Å². The van der Waals surface area contributed by atoms with Crippen molar-refractivity contribution in [3.8, 4) is 0 Å². The average Bonchev–Trinajstić information content (AvgIpc) is 2.42. The molecule has 21 heavy (non-hydrogen) atoms. The van der Waals surface area contributed by atoms with Gasteiger partial charge in [-0.3, -0.25) is 9.79 Å². The number of hydrogen-bond acceptors (Lipinski definition) is 5. The number of nitrogens with one attached hydrogen (secondary N) is 1. The number of carbonyl (C=O) groups is 3. The largest absolute Gasteiger partial charge is 0.481 e. The number of rotatable bonds is 7. The maximum Gasteiger partial charge on any atom is 0.351 e. The van der Waals surface area contributed by atoms with Crippen molar-refractivity contribution in [1.29, 1.82) is 0 Å². The highest BCUT2D eigenvalue weighted by molar-refractivity contribution is 5.87. The fourth-order valence-corrected chi connectivity index (χ4v) is 1.68. The molecular weight excluding hydrogens is 280 g/mol. The molecule has 114 valence electrons. The fraction of sp³-hybridized carbons (Fsp3) is 0.385. The summed E-state index contributed by atoms with van der Waals surface area (Å²) in [6.07, 6.45) is 4.47. The van der Waals surface area contributed by atoms with Gasteiger partial charge in [-0.15, -0.1) is 0 Å². The van der Waals surface area contributed by atoms with Crippen LogP contribution in [0.2, 0.25) is 0 Å². The Morgan fingerprint density at radius 3 is 2.62 bits per heavy atom. The highest BCUT2D eigenvalue weighted by Gasteiger charge is 2.16. The predicted octanol–water partition coefficient (Wildman–Crippen LogP) is 0.263. The van der Waals surface area contributed by atoms with Crippen molar-refractivity contribution in [3.63, 3.8) is 0 Å². The Hall–Kier alpha value is -2.64. The maximum absolute atomic E-state index is 10.9. The standard InChI is InChI=1S/C13H16N2O6/c16-11(17)2-1-9(12(18)19)14-5-3-8-4-6-15-10(7-8)13(20)21/h3,5,7,9,15H,1-2,4,6H2,(H,16,17)(H,18,19)(H,20,21). The summed E-state index contributed by atoms with van der Waals surface area (Å²) in [4.78, 5) is 35.9. The number of aliphatic carboxylic acids is 3. The van der Waals surface area contributed by atoms with Crippen molar-refractivity contribution < 1.29 is 29.7 Å². The van der Waals surface area contributed by atoms with Gasteiger partial charge in [0.05, 0.1) is 0 Å². The van der Waals surface area contributed by atoms with Crippen molar-refractivity contribution in [2.75, 3.05) is 6.54 Å². The quantitative estimate of drug-likeness (QED) is 0.495. The summed E-state index contributed by atoms with van der Waals surface area (Å²) in [5.41, 5.74) is 0.777. The van der Waals surface area contributed by atoms with Gasteiger partial charge in [-0.1, -0.05) is 0 Å². The third-order valence-corrected chi connectivity index (χ3v) is 2.76. The molecule has 4 N–H and O–H groups in total. The number of carboxylic acid groups (broad SMARTS) is 3. The van der Waals surface area contributed by atoms with E-state index in [0.717, 1.165) is 0 Å². The maximum atomic E-state index is 10.9. The lowest BCUT2D eigenvalue weighted by Gasteiger charge is -2.14. The van der Waals surface area contributed by atoms with Crippen molar-refractivity contribution in [1.82, 2.24) is 5.32 Å². The Morgan fingerprint density at radius 1 is 1.33 bits per heavy atom. The zero-order valence-corrected chi connectivity index (χ0v) is 11.2. The summed E-state index contributed by atoms with van der Waals surface area (Å²) < 4.78 is 0. The first-order valence-electron chi connectivity index (χ1n) is 6.26. The molecule has 1 heterocycles. The van der Waals surface area contributed by atoms with Crippen LogP contribution in [0, 0.1) is 0 Å². The van der Waals surface area contributed by atoms with Gasteiger partial charge >= 0.3 is 17.9 Å². The lowest BCUT2D eigenvalue weighted by atomic mass is 10.1. The van der Waals surface area contributed by atoms with Crippen LogP contribution in [0.5, 0.6) is 0 Å². The second kappa shape index (κ2) is 7.83. The minimum atomic E-state index is -1.20. The van der Waals surface area contributed by atoms with Crippen LogP contribution in [-0.2, 0) is 14.4 Å². The Balaban J connectivity index is 2.71. The van der Waals surface area contributed by atoms with Crippen molar-refractivity contribution in [2.24, 2.45) is 4.99 Å². The van der Waals surface area contributed by atoms with Gasteiger partial charge < -0.3 is 20.6 Å². The number of nitrogens with zero attached hydrogens (tertiary/aromatic N) is 1. The molecule has 0 radical (unpaired) electrons. The van der Waals surface area contributed by atoms with Gasteiger partial charge in [-0.05, 0) is 30.6 Å². The van der Waals surface area contributed by atoms with Crippen LogP contribution in [0.1, 0.15) is 19.3 Å². The first-order valence-corrected chi connectivity index (χ1v) is 6.26. The summed E-state index contributed by atoms with van der Waals surface area (Å²) in [5.74, 6) is -3.34. The Labute approximate surface area is 120 Å². The van der Waals surface area contributed by atoms with E-state index in [0.29, 0.717) is 18.5 Å². The molecule has 0 aliphatic carbocycles. The third-order valence-electron chi connectivity index (χ3n) is 2.76. The van der Waals surface area contributed by atoms with E-state index in [-0.39, 0.29) is 18.5 Å². The third kappa shape index (κ3) is 5.89. The molecule has 0 spiro atoms. The van der Waals surface area contributed by atoms with Crippen LogP contribution in [0.3, 0.4) is 0 Å². The fourth-order valence-electron chi connectivity index (χ4n) is 1.68. The minimum Gasteiger partial charge on any atom is -0.481 e. The van der Waals surface area contributed by atoms with Gasteiger partial charge in [0.1, 0.15) is 11.7 Å². The summed E-state index contributed by atoms with van der Waals surface area (Å²) in [6, 6.07) is -1.12. The highest BCUT2D eigenvalue weighted by Crippen LogP contribution is 2.11. The van der Waals surface area contributed by atoms with E-state index in [2.05, 4.69) is 10.3 Å². The van der Waals surface area contributed by atoms with Gasteiger partial charge in [-0.2, -0.15) is 0 Å². The van der Waals surface area contributed by atoms with Crippen LogP contribution in [0.4, 0.5) is 0 Å². The molecule has 1 rings (SSSR count). The Kier molecular flexibility index (Phi) is 6.12. The van der Waals surface area contributed by atoms with Crippen molar-refractivity contribution >= 4 is 24.1 Å².